The average molecular weight is 818 g/mol. The molecule has 10 nitrogen and oxygen atoms in total. The van der Waals surface area contributed by atoms with Gasteiger partial charge in [0, 0.05) is 13.0 Å². The summed E-state index contributed by atoms with van der Waals surface area (Å²) < 4.78 is 33.3. The van der Waals surface area contributed by atoms with E-state index in [0.717, 1.165) is 96.3 Å². The van der Waals surface area contributed by atoms with E-state index in [9.17, 15) is 19.0 Å². The molecule has 11 heteroatoms. The van der Waals surface area contributed by atoms with E-state index in [1.54, 1.807) is 0 Å². The molecule has 0 spiro atoms. The number of phosphoric ester groups is 1. The lowest BCUT2D eigenvalue weighted by atomic mass is 10.1. The molecule has 0 aromatic carbocycles. The third-order valence-electron chi connectivity index (χ3n) is 8.33. The number of carboxylic acid groups (broad SMARTS) is 1. The summed E-state index contributed by atoms with van der Waals surface area (Å²) in [5.41, 5.74) is 5.35. The van der Waals surface area contributed by atoms with Crippen LogP contribution in [0.4, 0.5) is 0 Å². The molecule has 0 saturated carbocycles. The molecule has 0 aromatic heterocycles. The highest BCUT2D eigenvalue weighted by Crippen LogP contribution is 2.43. The first kappa shape index (κ1) is 53.9. The SMILES string of the molecule is CC/C=C\C/C=C\C/C=C\C/C=C\C/C=C\C/C=C\CCCCC(=O)OC(COCCCCCCCC/C=C\C/C=C\CCC)COP(=O)(O)OCC(N)C(=O)O. The molecule has 4 N–H and O–H groups in total. The van der Waals surface area contributed by atoms with Gasteiger partial charge in [0.1, 0.15) is 12.1 Å². The Morgan fingerprint density at radius 3 is 1.53 bits per heavy atom. The molecule has 0 radical (unpaired) electrons. The Hall–Kier alpha value is -3.11. The highest BCUT2D eigenvalue weighted by molar-refractivity contribution is 7.47. The molecule has 0 rings (SSSR count). The van der Waals surface area contributed by atoms with E-state index in [4.69, 9.17) is 29.4 Å². The van der Waals surface area contributed by atoms with Crippen molar-refractivity contribution in [3.63, 3.8) is 0 Å². The van der Waals surface area contributed by atoms with Gasteiger partial charge in [0.15, 0.2) is 0 Å². The lowest BCUT2D eigenvalue weighted by Gasteiger charge is -2.20. The molecule has 3 unspecified atom stereocenters. The van der Waals surface area contributed by atoms with Crippen molar-refractivity contribution < 1.29 is 42.7 Å². The van der Waals surface area contributed by atoms with E-state index in [2.05, 4.69) is 111 Å². The van der Waals surface area contributed by atoms with Crippen molar-refractivity contribution in [2.24, 2.45) is 5.73 Å². The maximum Gasteiger partial charge on any atom is 0.472 e. The molecule has 3 atom stereocenters. The fourth-order valence-electron chi connectivity index (χ4n) is 5.05. The van der Waals surface area contributed by atoms with Crippen LogP contribution in [0.3, 0.4) is 0 Å². The Balaban J connectivity index is 4.38. The number of hydrogen-bond donors (Lipinski definition) is 3. The predicted octanol–water partition coefficient (Wildman–Crippen LogP) is 11.8. The first-order chi connectivity index (χ1) is 27.7. The highest BCUT2D eigenvalue weighted by Gasteiger charge is 2.27. The molecular formula is C46H76NO9P. The summed E-state index contributed by atoms with van der Waals surface area (Å²) in [6, 6.07) is -1.49. The molecule has 0 bridgehead atoms. The summed E-state index contributed by atoms with van der Waals surface area (Å²) in [6.45, 7) is 3.59. The fourth-order valence-corrected chi connectivity index (χ4v) is 5.83. The van der Waals surface area contributed by atoms with E-state index in [-0.39, 0.29) is 13.0 Å². The first-order valence-corrected chi connectivity index (χ1v) is 22.8. The van der Waals surface area contributed by atoms with Gasteiger partial charge in [-0.15, -0.1) is 0 Å². The van der Waals surface area contributed by atoms with Gasteiger partial charge in [-0.3, -0.25) is 18.6 Å². The van der Waals surface area contributed by atoms with Gasteiger partial charge < -0.3 is 25.2 Å². The summed E-state index contributed by atoms with van der Waals surface area (Å²) in [5, 5.41) is 8.89. The normalized spacial score (nSPS) is 14.9. The van der Waals surface area contributed by atoms with E-state index in [0.29, 0.717) is 13.0 Å². The quantitative estimate of drug-likeness (QED) is 0.0236. The summed E-state index contributed by atoms with van der Waals surface area (Å²) in [7, 11) is -4.64. The second kappa shape index (κ2) is 41.1. The van der Waals surface area contributed by atoms with Gasteiger partial charge in [-0.2, -0.15) is 0 Å². The van der Waals surface area contributed by atoms with Crippen LogP contribution in [-0.4, -0.2) is 60.5 Å². The molecule has 0 aliphatic carbocycles. The van der Waals surface area contributed by atoms with E-state index in [1.807, 2.05) is 0 Å². The fraction of sp³-hybridized carbons (Fsp3) is 0.609. The Morgan fingerprint density at radius 2 is 1.02 bits per heavy atom. The van der Waals surface area contributed by atoms with Crippen LogP contribution in [0.2, 0.25) is 0 Å². The van der Waals surface area contributed by atoms with Gasteiger partial charge in [-0.1, -0.05) is 143 Å². The van der Waals surface area contributed by atoms with E-state index < -0.39 is 45.1 Å². The van der Waals surface area contributed by atoms with Crippen LogP contribution >= 0.6 is 7.82 Å². The van der Waals surface area contributed by atoms with Crippen molar-refractivity contribution in [2.75, 3.05) is 26.4 Å². The number of carbonyl (C=O) groups excluding carboxylic acids is 1. The van der Waals surface area contributed by atoms with E-state index >= 15 is 0 Å². The summed E-state index contributed by atoms with van der Waals surface area (Å²) in [5.74, 6) is -1.84. The second-order valence-corrected chi connectivity index (χ2v) is 15.2. The number of ether oxygens (including phenoxy) is 2. The minimum Gasteiger partial charge on any atom is -0.480 e. The van der Waals surface area contributed by atoms with Gasteiger partial charge in [0.2, 0.25) is 0 Å². The third-order valence-corrected chi connectivity index (χ3v) is 9.28. The van der Waals surface area contributed by atoms with Crippen LogP contribution in [0.15, 0.2) is 97.2 Å². The number of allylic oxidation sites excluding steroid dienone is 16. The Morgan fingerprint density at radius 1 is 0.579 bits per heavy atom. The number of phosphoric acid groups is 1. The van der Waals surface area contributed by atoms with Crippen molar-refractivity contribution >= 4 is 19.8 Å². The van der Waals surface area contributed by atoms with Crippen LogP contribution < -0.4 is 5.73 Å². The summed E-state index contributed by atoms with van der Waals surface area (Å²) in [4.78, 5) is 33.5. The van der Waals surface area contributed by atoms with Crippen LogP contribution in [0, 0.1) is 0 Å². The zero-order valence-corrected chi connectivity index (χ0v) is 36.0. The first-order valence-electron chi connectivity index (χ1n) is 21.3. The molecule has 0 heterocycles. The van der Waals surface area contributed by atoms with Crippen LogP contribution in [0.1, 0.15) is 142 Å². The standard InChI is InChI=1S/C46H76NO9P/c1-3-5-7-9-11-13-15-17-19-20-21-22-23-24-25-26-28-30-32-34-36-38-45(48)56-43(41-54-57(51,52)55-42-44(47)46(49)50)40-53-39-37-35-33-31-29-27-18-16-14-12-10-8-6-4-2/h5,7-8,10-11,13-14,16-17,19,21-22,24-25,28,30,43-44H,3-4,6,9,12,15,18,20,23,26-27,29,31-42,47H2,1-2H3,(H,49,50)(H,51,52)/b7-5-,10-8-,13-11-,16-14-,19-17-,22-21-,25-24-,30-28-. The smallest absolute Gasteiger partial charge is 0.472 e. The molecular weight excluding hydrogens is 741 g/mol. The maximum absolute atomic E-state index is 12.6. The van der Waals surface area contributed by atoms with Crippen molar-refractivity contribution in [1.82, 2.24) is 0 Å². The lowest BCUT2D eigenvalue weighted by molar-refractivity contribution is -0.154. The maximum atomic E-state index is 12.6. The number of hydrogen-bond acceptors (Lipinski definition) is 8. The van der Waals surface area contributed by atoms with Crippen LogP contribution in [-0.2, 0) is 32.7 Å². The van der Waals surface area contributed by atoms with Crippen molar-refractivity contribution in [3.8, 4) is 0 Å². The van der Waals surface area contributed by atoms with E-state index in [1.165, 1.54) is 19.3 Å². The van der Waals surface area contributed by atoms with Crippen LogP contribution in [0.25, 0.3) is 0 Å². The molecule has 0 aromatic rings. The summed E-state index contributed by atoms with van der Waals surface area (Å²) >= 11 is 0. The number of unbranched alkanes of at least 4 members (excludes halogenated alkanes) is 9. The Bertz CT molecular complexity index is 1270. The molecule has 0 fully saturated rings. The van der Waals surface area contributed by atoms with Gasteiger partial charge in [0.05, 0.1) is 19.8 Å². The van der Waals surface area contributed by atoms with Gasteiger partial charge >= 0.3 is 19.8 Å². The Kier molecular flexibility index (Phi) is 38.8. The summed E-state index contributed by atoms with van der Waals surface area (Å²) in [6.07, 6.45) is 53.2. The Labute approximate surface area is 345 Å². The molecule has 57 heavy (non-hydrogen) atoms. The molecule has 324 valence electrons. The molecule has 0 amide bonds. The number of esters is 1. The number of carboxylic acids is 1. The largest absolute Gasteiger partial charge is 0.480 e. The molecule has 0 aliphatic rings. The highest BCUT2D eigenvalue weighted by atomic mass is 31.2. The topological polar surface area (TPSA) is 155 Å². The lowest BCUT2D eigenvalue weighted by Crippen LogP contribution is -2.34. The monoisotopic (exact) mass is 818 g/mol. The average Bonchev–Trinajstić information content (AvgIpc) is 3.19. The van der Waals surface area contributed by atoms with Crippen LogP contribution in [0.5, 0.6) is 0 Å². The van der Waals surface area contributed by atoms with Gasteiger partial charge in [-0.05, 0) is 89.9 Å². The van der Waals surface area contributed by atoms with Gasteiger partial charge in [0.25, 0.3) is 0 Å². The molecule has 0 saturated heterocycles. The minimum atomic E-state index is -4.64. The number of carbonyl (C=O) groups is 2. The number of aliphatic carboxylic acids is 1. The van der Waals surface area contributed by atoms with Gasteiger partial charge in [-0.25, -0.2) is 4.57 Å². The van der Waals surface area contributed by atoms with Crippen molar-refractivity contribution in [2.45, 2.75) is 154 Å². The minimum absolute atomic E-state index is 0.0150. The number of nitrogens with two attached hydrogens (primary N) is 1. The van der Waals surface area contributed by atoms with Crippen molar-refractivity contribution in [1.29, 1.82) is 0 Å². The number of rotatable bonds is 39. The van der Waals surface area contributed by atoms with Crippen molar-refractivity contribution in [3.05, 3.63) is 97.2 Å². The zero-order valence-electron chi connectivity index (χ0n) is 35.1. The second-order valence-electron chi connectivity index (χ2n) is 13.7. The third kappa shape index (κ3) is 40.9. The predicted molar refractivity (Wildman–Crippen MR) is 235 cm³/mol. The molecule has 0 aliphatic heterocycles. The zero-order chi connectivity index (χ0) is 41.9.